The lowest BCUT2D eigenvalue weighted by molar-refractivity contribution is -0.119. The zero-order chi connectivity index (χ0) is 17.0. The summed E-state index contributed by atoms with van der Waals surface area (Å²) in [5, 5.41) is 11.4. The Morgan fingerprint density at radius 1 is 1.26 bits per heavy atom. The first-order chi connectivity index (χ1) is 10.9. The van der Waals surface area contributed by atoms with Gasteiger partial charge in [0, 0.05) is 11.3 Å². The average Bonchev–Trinajstić information content (AvgIpc) is 2.78. The molecule has 0 radical (unpaired) electrons. The molecule has 1 aromatic carbocycles. The molecule has 0 aliphatic heterocycles. The van der Waals surface area contributed by atoms with E-state index in [9.17, 15) is 9.59 Å². The summed E-state index contributed by atoms with van der Waals surface area (Å²) in [6.45, 7) is 4.77. The number of ether oxygens (including phenoxy) is 1. The number of nitriles is 1. The lowest BCUT2D eigenvalue weighted by Gasteiger charge is -2.07. The van der Waals surface area contributed by atoms with Crippen molar-refractivity contribution in [1.82, 2.24) is 0 Å². The highest BCUT2D eigenvalue weighted by Gasteiger charge is 2.20. The summed E-state index contributed by atoms with van der Waals surface area (Å²) in [5.74, 6) is 0.0288. The van der Waals surface area contributed by atoms with Crippen molar-refractivity contribution in [1.29, 1.82) is 5.26 Å². The third kappa shape index (κ3) is 3.77. The van der Waals surface area contributed by atoms with Crippen molar-refractivity contribution in [3.63, 3.8) is 0 Å². The number of benzene rings is 1. The molecule has 0 bridgehead atoms. The summed E-state index contributed by atoms with van der Waals surface area (Å²) in [6.07, 6.45) is 0. The second-order valence-electron chi connectivity index (χ2n) is 5.03. The lowest BCUT2D eigenvalue weighted by atomic mass is 10.1. The van der Waals surface area contributed by atoms with Gasteiger partial charge in [0.15, 0.2) is 6.61 Å². The molecule has 0 aliphatic carbocycles. The fourth-order valence-corrected chi connectivity index (χ4v) is 2.16. The fourth-order valence-electron chi connectivity index (χ4n) is 2.16. The molecule has 23 heavy (non-hydrogen) atoms. The molecular formula is C17H16N2O4. The van der Waals surface area contributed by atoms with Gasteiger partial charge in [-0.1, -0.05) is 6.07 Å². The van der Waals surface area contributed by atoms with Crippen LogP contribution in [-0.2, 0) is 9.53 Å². The monoisotopic (exact) mass is 312 g/mol. The number of nitrogens with one attached hydrogen (secondary N) is 1. The van der Waals surface area contributed by atoms with Crippen LogP contribution < -0.4 is 5.32 Å². The molecule has 118 valence electrons. The standard InChI is InChI=1S/C17H16N2O4/c1-10-11(2)23-12(3)16(10)17(21)22-9-15(20)19-14-6-4-5-13(7-14)8-18/h4-7H,9H2,1-3H3,(H,19,20). The third-order valence-electron chi connectivity index (χ3n) is 3.38. The minimum Gasteiger partial charge on any atom is -0.465 e. The number of hydrogen-bond donors (Lipinski definition) is 1. The number of esters is 1. The molecule has 1 aromatic heterocycles. The Morgan fingerprint density at radius 2 is 2.00 bits per heavy atom. The van der Waals surface area contributed by atoms with Gasteiger partial charge in [0.2, 0.25) is 0 Å². The predicted octanol–water partition coefficient (Wildman–Crippen LogP) is 2.87. The Kier molecular flexibility index (Phi) is 4.82. The zero-order valence-electron chi connectivity index (χ0n) is 13.1. The van der Waals surface area contributed by atoms with E-state index in [1.54, 1.807) is 39.0 Å². The molecule has 0 fully saturated rings. The fraction of sp³-hybridized carbons (Fsp3) is 0.235. The minimum absolute atomic E-state index is 0.349. The first kappa shape index (κ1) is 16.3. The summed E-state index contributed by atoms with van der Waals surface area (Å²) in [7, 11) is 0. The van der Waals surface area contributed by atoms with Crippen LogP contribution in [0, 0.1) is 32.1 Å². The molecule has 1 heterocycles. The van der Waals surface area contributed by atoms with Gasteiger partial charge in [-0.2, -0.15) is 5.26 Å². The van der Waals surface area contributed by atoms with Crippen molar-refractivity contribution in [2.75, 3.05) is 11.9 Å². The molecule has 1 amide bonds. The molecule has 1 N–H and O–H groups in total. The van der Waals surface area contributed by atoms with E-state index >= 15 is 0 Å². The van der Waals surface area contributed by atoms with E-state index in [0.717, 1.165) is 0 Å². The van der Waals surface area contributed by atoms with E-state index in [2.05, 4.69) is 5.32 Å². The number of carbonyl (C=O) groups is 2. The molecule has 2 rings (SSSR count). The quantitative estimate of drug-likeness (QED) is 0.876. The highest BCUT2D eigenvalue weighted by atomic mass is 16.5. The topological polar surface area (TPSA) is 92.3 Å². The first-order valence-electron chi connectivity index (χ1n) is 6.96. The number of carbonyl (C=O) groups excluding carboxylic acids is 2. The Balaban J connectivity index is 1.96. The van der Waals surface area contributed by atoms with E-state index in [1.165, 1.54) is 6.07 Å². The number of nitrogens with zero attached hydrogens (tertiary/aromatic N) is 1. The molecule has 0 atom stereocenters. The van der Waals surface area contributed by atoms with Crippen LogP contribution in [0.3, 0.4) is 0 Å². The largest absolute Gasteiger partial charge is 0.465 e. The maximum Gasteiger partial charge on any atom is 0.342 e. The van der Waals surface area contributed by atoms with Crippen LogP contribution in [0.5, 0.6) is 0 Å². The Bertz CT molecular complexity index is 799. The Labute approximate surface area is 133 Å². The number of rotatable bonds is 4. The predicted molar refractivity (Wildman–Crippen MR) is 83.0 cm³/mol. The van der Waals surface area contributed by atoms with E-state index in [1.807, 2.05) is 6.07 Å². The van der Waals surface area contributed by atoms with E-state index in [4.69, 9.17) is 14.4 Å². The maximum absolute atomic E-state index is 12.1. The molecule has 0 spiro atoms. The van der Waals surface area contributed by atoms with E-state index in [-0.39, 0.29) is 0 Å². The van der Waals surface area contributed by atoms with E-state index < -0.39 is 18.5 Å². The van der Waals surface area contributed by atoms with Gasteiger partial charge < -0.3 is 14.5 Å². The van der Waals surface area contributed by atoms with Crippen molar-refractivity contribution in [3.8, 4) is 6.07 Å². The highest BCUT2D eigenvalue weighted by Crippen LogP contribution is 2.21. The molecule has 2 aromatic rings. The van der Waals surface area contributed by atoms with Crippen molar-refractivity contribution < 1.29 is 18.7 Å². The van der Waals surface area contributed by atoms with Gasteiger partial charge in [-0.05, 0) is 39.0 Å². The molecule has 0 aliphatic rings. The van der Waals surface area contributed by atoms with Gasteiger partial charge >= 0.3 is 5.97 Å². The van der Waals surface area contributed by atoms with Crippen LogP contribution in [0.25, 0.3) is 0 Å². The lowest BCUT2D eigenvalue weighted by Crippen LogP contribution is -2.21. The van der Waals surface area contributed by atoms with Crippen LogP contribution in [0.2, 0.25) is 0 Å². The van der Waals surface area contributed by atoms with Crippen molar-refractivity contribution in [2.45, 2.75) is 20.8 Å². The molecule has 6 heteroatoms. The van der Waals surface area contributed by atoms with Crippen molar-refractivity contribution >= 4 is 17.6 Å². The molecule has 0 saturated heterocycles. The maximum atomic E-state index is 12.1. The average molecular weight is 312 g/mol. The van der Waals surface area contributed by atoms with Gasteiger partial charge in [0.1, 0.15) is 17.1 Å². The normalized spacial score (nSPS) is 10.0. The van der Waals surface area contributed by atoms with Gasteiger partial charge in [-0.3, -0.25) is 4.79 Å². The summed E-state index contributed by atoms with van der Waals surface area (Å²) in [4.78, 5) is 23.9. The zero-order valence-corrected chi connectivity index (χ0v) is 13.1. The number of amides is 1. The van der Waals surface area contributed by atoms with Gasteiger partial charge in [0.05, 0.1) is 11.6 Å². The van der Waals surface area contributed by atoms with Gasteiger partial charge in [0.25, 0.3) is 5.91 Å². The molecule has 0 saturated carbocycles. The third-order valence-corrected chi connectivity index (χ3v) is 3.38. The van der Waals surface area contributed by atoms with Crippen molar-refractivity contribution in [2.24, 2.45) is 0 Å². The first-order valence-corrected chi connectivity index (χ1v) is 6.96. The number of anilines is 1. The summed E-state index contributed by atoms with van der Waals surface area (Å²) < 4.78 is 10.4. The second kappa shape index (κ2) is 6.79. The second-order valence-corrected chi connectivity index (χ2v) is 5.03. The molecule has 6 nitrogen and oxygen atoms in total. The highest BCUT2D eigenvalue weighted by molar-refractivity contribution is 5.96. The Morgan fingerprint density at radius 3 is 2.61 bits per heavy atom. The van der Waals surface area contributed by atoms with Crippen LogP contribution in [-0.4, -0.2) is 18.5 Å². The van der Waals surface area contributed by atoms with Gasteiger partial charge in [-0.15, -0.1) is 0 Å². The summed E-state index contributed by atoms with van der Waals surface area (Å²) in [5.41, 5.74) is 1.95. The van der Waals surface area contributed by atoms with Crippen LogP contribution in [0.1, 0.15) is 33.0 Å². The summed E-state index contributed by atoms with van der Waals surface area (Å²) >= 11 is 0. The number of hydrogen-bond acceptors (Lipinski definition) is 5. The number of aryl methyl sites for hydroxylation is 2. The minimum atomic E-state index is -0.599. The van der Waals surface area contributed by atoms with Crippen molar-refractivity contribution in [3.05, 3.63) is 52.5 Å². The SMILES string of the molecule is Cc1oc(C)c(C(=O)OCC(=O)Nc2cccc(C#N)c2)c1C. The molecule has 0 unspecified atom stereocenters. The van der Waals surface area contributed by atoms with Crippen LogP contribution in [0.4, 0.5) is 5.69 Å². The van der Waals surface area contributed by atoms with Crippen LogP contribution in [0.15, 0.2) is 28.7 Å². The Hall–Kier alpha value is -3.07. The number of furan rings is 1. The summed E-state index contributed by atoms with van der Waals surface area (Å²) in [6, 6.07) is 8.44. The molecular weight excluding hydrogens is 296 g/mol. The van der Waals surface area contributed by atoms with Gasteiger partial charge in [-0.25, -0.2) is 4.79 Å². The van der Waals surface area contributed by atoms with Crippen LogP contribution >= 0.6 is 0 Å². The smallest absolute Gasteiger partial charge is 0.342 e. The van der Waals surface area contributed by atoms with E-state index in [0.29, 0.717) is 33.9 Å².